The van der Waals surface area contributed by atoms with E-state index in [-0.39, 0.29) is 13.2 Å². The Kier molecular flexibility index (Phi) is 5.95. The van der Waals surface area contributed by atoms with Crippen molar-refractivity contribution in [1.82, 2.24) is 14.8 Å². The third kappa shape index (κ3) is 4.20. The molecule has 0 spiro atoms. The molecule has 0 aliphatic rings. The molecule has 2 heterocycles. The van der Waals surface area contributed by atoms with Crippen molar-refractivity contribution in [3.63, 3.8) is 0 Å². The molecule has 0 aromatic carbocycles. The second-order valence-corrected chi connectivity index (χ2v) is 5.50. The molecule has 0 saturated carbocycles. The number of aliphatic hydroxyl groups excluding tert-OH is 2. The fraction of sp³-hybridized carbons (Fsp3) is 0.500. The average Bonchev–Trinajstić information content (AvgIpc) is 2.80. The third-order valence-electron chi connectivity index (χ3n) is 3.91. The van der Waals surface area contributed by atoms with Crippen LogP contribution in [0.5, 0.6) is 0 Å². The van der Waals surface area contributed by atoms with Crippen LogP contribution in [0, 0.1) is 13.8 Å². The maximum atomic E-state index is 9.06. The minimum atomic E-state index is 0.0825. The van der Waals surface area contributed by atoms with E-state index in [0.717, 1.165) is 28.5 Å². The van der Waals surface area contributed by atoms with Gasteiger partial charge in [-0.05, 0) is 26.0 Å². The summed E-state index contributed by atoms with van der Waals surface area (Å²) in [6.07, 6.45) is 1.78. The Labute approximate surface area is 136 Å². The van der Waals surface area contributed by atoms with E-state index in [4.69, 9.17) is 10.2 Å². The normalized spacial score (nSPS) is 10.8. The van der Waals surface area contributed by atoms with Crippen molar-refractivity contribution in [2.24, 2.45) is 0 Å². The lowest BCUT2D eigenvalue weighted by Crippen LogP contribution is -2.21. The fourth-order valence-electron chi connectivity index (χ4n) is 2.48. The van der Waals surface area contributed by atoms with Crippen LogP contribution in [0.4, 0.5) is 11.5 Å². The van der Waals surface area contributed by atoms with E-state index in [1.54, 1.807) is 6.20 Å². The molecule has 0 radical (unpaired) electrons. The zero-order chi connectivity index (χ0) is 16.8. The molecule has 2 aromatic heterocycles. The predicted octanol–water partition coefficient (Wildman–Crippen LogP) is 0.928. The molecule has 0 aliphatic carbocycles. The monoisotopic (exact) mass is 319 g/mol. The van der Waals surface area contributed by atoms with Gasteiger partial charge in [0.15, 0.2) is 0 Å². The number of aliphatic hydroxyl groups is 2. The number of nitrogens with zero attached hydrogens (tertiary/aromatic N) is 4. The number of hydrogen-bond acceptors (Lipinski definition) is 6. The van der Waals surface area contributed by atoms with Crippen LogP contribution in [-0.2, 0) is 13.1 Å². The highest BCUT2D eigenvalue weighted by atomic mass is 16.3. The SMILES string of the molecule is Cc1nn(CCO)c(C)c1CNc1ccc(N(C)CCO)cn1. The quantitative estimate of drug-likeness (QED) is 0.671. The first-order valence-electron chi connectivity index (χ1n) is 7.72. The maximum absolute atomic E-state index is 9.06. The Morgan fingerprint density at radius 2 is 2.00 bits per heavy atom. The summed E-state index contributed by atoms with van der Waals surface area (Å²) in [5, 5.41) is 25.7. The minimum Gasteiger partial charge on any atom is -0.395 e. The van der Waals surface area contributed by atoms with Crippen molar-refractivity contribution >= 4 is 11.5 Å². The van der Waals surface area contributed by atoms with Gasteiger partial charge in [-0.1, -0.05) is 0 Å². The molecule has 0 aliphatic heterocycles. The Hall–Kier alpha value is -2.12. The van der Waals surface area contributed by atoms with Crippen molar-refractivity contribution in [2.75, 3.05) is 37.0 Å². The average molecular weight is 319 g/mol. The highest BCUT2D eigenvalue weighted by molar-refractivity contribution is 5.49. The molecule has 2 aromatic rings. The van der Waals surface area contributed by atoms with Crippen LogP contribution < -0.4 is 10.2 Å². The Balaban J connectivity index is 2.01. The van der Waals surface area contributed by atoms with Gasteiger partial charge in [-0.25, -0.2) is 4.98 Å². The number of nitrogens with one attached hydrogen (secondary N) is 1. The number of aryl methyl sites for hydroxylation is 1. The molecule has 23 heavy (non-hydrogen) atoms. The number of pyridine rings is 1. The van der Waals surface area contributed by atoms with Gasteiger partial charge in [-0.3, -0.25) is 4.68 Å². The van der Waals surface area contributed by atoms with Gasteiger partial charge >= 0.3 is 0 Å². The Morgan fingerprint density at radius 1 is 1.22 bits per heavy atom. The van der Waals surface area contributed by atoms with Crippen molar-refractivity contribution in [2.45, 2.75) is 26.9 Å². The van der Waals surface area contributed by atoms with Gasteiger partial charge < -0.3 is 20.4 Å². The fourth-order valence-corrected chi connectivity index (χ4v) is 2.48. The van der Waals surface area contributed by atoms with Gasteiger partial charge in [0.2, 0.25) is 0 Å². The highest BCUT2D eigenvalue weighted by Crippen LogP contribution is 2.17. The summed E-state index contributed by atoms with van der Waals surface area (Å²) in [4.78, 5) is 6.35. The Bertz CT molecular complexity index is 624. The van der Waals surface area contributed by atoms with Gasteiger partial charge in [0.25, 0.3) is 0 Å². The number of hydrogen-bond donors (Lipinski definition) is 3. The van der Waals surface area contributed by atoms with E-state index in [2.05, 4.69) is 15.4 Å². The molecule has 7 nitrogen and oxygen atoms in total. The molecule has 0 bridgehead atoms. The van der Waals surface area contributed by atoms with Gasteiger partial charge in [0.1, 0.15) is 5.82 Å². The molecule has 0 amide bonds. The first-order valence-corrected chi connectivity index (χ1v) is 7.72. The first-order chi connectivity index (χ1) is 11.1. The van der Waals surface area contributed by atoms with Crippen LogP contribution in [0.15, 0.2) is 18.3 Å². The van der Waals surface area contributed by atoms with Gasteiger partial charge in [-0.2, -0.15) is 5.10 Å². The topological polar surface area (TPSA) is 86.4 Å². The van der Waals surface area contributed by atoms with E-state index < -0.39 is 0 Å². The lowest BCUT2D eigenvalue weighted by molar-refractivity contribution is 0.268. The predicted molar refractivity (Wildman–Crippen MR) is 90.7 cm³/mol. The third-order valence-corrected chi connectivity index (χ3v) is 3.91. The molecule has 2 rings (SSSR count). The van der Waals surface area contributed by atoms with Crippen molar-refractivity contribution in [3.05, 3.63) is 35.3 Å². The van der Waals surface area contributed by atoms with Crippen LogP contribution in [0.25, 0.3) is 0 Å². The first kappa shape index (κ1) is 17.2. The molecule has 0 unspecified atom stereocenters. The van der Waals surface area contributed by atoms with E-state index in [0.29, 0.717) is 19.6 Å². The summed E-state index contributed by atoms with van der Waals surface area (Å²) in [5.74, 6) is 0.792. The second-order valence-electron chi connectivity index (χ2n) is 5.50. The number of rotatable bonds is 8. The molecular formula is C16H25N5O2. The standard InChI is InChI=1S/C16H25N5O2/c1-12-15(13(2)21(19-12)7-9-23)11-18-16-5-4-14(10-17-16)20(3)6-8-22/h4-5,10,22-23H,6-9,11H2,1-3H3,(H,17,18). The van der Waals surface area contributed by atoms with Crippen LogP contribution in [-0.4, -0.2) is 51.8 Å². The second kappa shape index (κ2) is 7.94. The van der Waals surface area contributed by atoms with Crippen LogP contribution in [0.2, 0.25) is 0 Å². The van der Waals surface area contributed by atoms with Crippen molar-refractivity contribution in [1.29, 1.82) is 0 Å². The number of likely N-dealkylation sites (N-methyl/N-ethyl adjacent to an activating group) is 1. The molecule has 3 N–H and O–H groups in total. The minimum absolute atomic E-state index is 0.0825. The van der Waals surface area contributed by atoms with E-state index in [1.807, 2.05) is 42.6 Å². The molecule has 7 heteroatoms. The summed E-state index contributed by atoms with van der Waals surface area (Å²) >= 11 is 0. The van der Waals surface area contributed by atoms with E-state index in [9.17, 15) is 0 Å². The molecule has 0 saturated heterocycles. The largest absolute Gasteiger partial charge is 0.395 e. The summed E-state index contributed by atoms with van der Waals surface area (Å²) in [6, 6.07) is 3.89. The van der Waals surface area contributed by atoms with Crippen molar-refractivity contribution < 1.29 is 10.2 Å². The summed E-state index contributed by atoms with van der Waals surface area (Å²) < 4.78 is 1.83. The number of anilines is 2. The summed E-state index contributed by atoms with van der Waals surface area (Å²) in [6.45, 7) is 5.91. The van der Waals surface area contributed by atoms with E-state index in [1.165, 1.54) is 0 Å². The molecule has 0 atom stereocenters. The van der Waals surface area contributed by atoms with E-state index >= 15 is 0 Å². The lowest BCUT2D eigenvalue weighted by atomic mass is 10.2. The van der Waals surface area contributed by atoms with Crippen molar-refractivity contribution in [3.8, 4) is 0 Å². The van der Waals surface area contributed by atoms with Gasteiger partial charge in [-0.15, -0.1) is 0 Å². The number of aromatic nitrogens is 3. The van der Waals surface area contributed by atoms with Gasteiger partial charge in [0, 0.05) is 31.4 Å². The summed E-state index contributed by atoms with van der Waals surface area (Å²) in [7, 11) is 1.92. The van der Waals surface area contributed by atoms with Crippen LogP contribution in [0.3, 0.4) is 0 Å². The molecular weight excluding hydrogens is 294 g/mol. The van der Waals surface area contributed by atoms with Crippen LogP contribution >= 0.6 is 0 Å². The molecule has 126 valence electrons. The van der Waals surface area contributed by atoms with Crippen LogP contribution in [0.1, 0.15) is 17.0 Å². The lowest BCUT2D eigenvalue weighted by Gasteiger charge is -2.17. The zero-order valence-electron chi connectivity index (χ0n) is 14.0. The molecule has 0 fully saturated rings. The highest BCUT2D eigenvalue weighted by Gasteiger charge is 2.11. The zero-order valence-corrected chi connectivity index (χ0v) is 14.0. The Morgan fingerprint density at radius 3 is 2.61 bits per heavy atom. The summed E-state index contributed by atoms with van der Waals surface area (Å²) in [5.41, 5.74) is 4.11. The van der Waals surface area contributed by atoms with Gasteiger partial charge in [0.05, 0.1) is 37.3 Å². The maximum Gasteiger partial charge on any atom is 0.126 e. The smallest absolute Gasteiger partial charge is 0.126 e.